The van der Waals surface area contributed by atoms with Crippen LogP contribution in [0.4, 0.5) is 4.39 Å². The van der Waals surface area contributed by atoms with Gasteiger partial charge >= 0.3 is 0 Å². The highest BCUT2D eigenvalue weighted by molar-refractivity contribution is 6.31. The summed E-state index contributed by atoms with van der Waals surface area (Å²) in [5, 5.41) is 1.15. The molecule has 1 nitrogen and oxygen atoms in total. The Bertz CT molecular complexity index is 626. The Labute approximate surface area is 122 Å². The van der Waals surface area contributed by atoms with Crippen molar-refractivity contribution in [1.82, 2.24) is 0 Å². The number of halogens is 3. The summed E-state index contributed by atoms with van der Waals surface area (Å²) in [4.78, 5) is 0. The molecule has 0 radical (unpaired) electrons. The van der Waals surface area contributed by atoms with Crippen LogP contribution in [0.5, 0.6) is 0 Å². The van der Waals surface area contributed by atoms with E-state index in [0.29, 0.717) is 15.6 Å². The molecule has 0 amide bonds. The third-order valence-electron chi connectivity index (χ3n) is 3.18. The van der Waals surface area contributed by atoms with Gasteiger partial charge in [0.2, 0.25) is 0 Å². The molecule has 0 fully saturated rings. The molecule has 0 bridgehead atoms. The first-order chi connectivity index (χ1) is 8.90. The van der Waals surface area contributed by atoms with Crippen molar-refractivity contribution < 1.29 is 4.39 Å². The minimum absolute atomic E-state index is 0.357. The van der Waals surface area contributed by atoms with Gasteiger partial charge in [-0.25, -0.2) is 4.39 Å². The minimum atomic E-state index is -0.560. The average Bonchev–Trinajstić information content (AvgIpc) is 2.36. The zero-order valence-corrected chi connectivity index (χ0v) is 12.2. The van der Waals surface area contributed by atoms with Crippen LogP contribution in [0, 0.1) is 19.7 Å². The molecule has 0 saturated heterocycles. The number of nitrogens with two attached hydrogens (primary N) is 1. The van der Waals surface area contributed by atoms with E-state index < -0.39 is 6.04 Å². The van der Waals surface area contributed by atoms with Gasteiger partial charge in [-0.05, 0) is 54.8 Å². The van der Waals surface area contributed by atoms with Gasteiger partial charge < -0.3 is 5.73 Å². The predicted octanol–water partition coefficient (Wildman–Crippen LogP) is 4.80. The second-order valence-corrected chi connectivity index (χ2v) is 5.45. The molecular weight excluding hydrogens is 284 g/mol. The maximum Gasteiger partial charge on any atom is 0.128 e. The third kappa shape index (κ3) is 2.92. The Morgan fingerprint density at radius 3 is 2.37 bits per heavy atom. The summed E-state index contributed by atoms with van der Waals surface area (Å²) < 4.78 is 13.9. The zero-order chi connectivity index (χ0) is 14.2. The molecule has 1 unspecified atom stereocenters. The van der Waals surface area contributed by atoms with Crippen LogP contribution in [0.3, 0.4) is 0 Å². The summed E-state index contributed by atoms with van der Waals surface area (Å²) in [6.07, 6.45) is 0. The molecule has 0 aliphatic carbocycles. The van der Waals surface area contributed by atoms with Gasteiger partial charge in [0, 0.05) is 15.6 Å². The molecule has 4 heteroatoms. The summed E-state index contributed by atoms with van der Waals surface area (Å²) in [7, 11) is 0. The van der Waals surface area contributed by atoms with E-state index in [4.69, 9.17) is 28.9 Å². The van der Waals surface area contributed by atoms with E-state index in [1.54, 1.807) is 6.07 Å². The molecular formula is C15H14Cl2FN. The summed E-state index contributed by atoms with van der Waals surface area (Å²) in [5.74, 6) is -0.357. The van der Waals surface area contributed by atoms with E-state index in [9.17, 15) is 4.39 Å². The molecule has 2 aromatic carbocycles. The van der Waals surface area contributed by atoms with E-state index >= 15 is 0 Å². The lowest BCUT2D eigenvalue weighted by molar-refractivity contribution is 0.599. The highest BCUT2D eigenvalue weighted by atomic mass is 35.5. The van der Waals surface area contributed by atoms with Crippen LogP contribution in [0.15, 0.2) is 30.3 Å². The molecule has 0 spiro atoms. The van der Waals surface area contributed by atoms with Crippen molar-refractivity contribution in [2.24, 2.45) is 5.73 Å². The Kier molecular flexibility index (Phi) is 4.14. The van der Waals surface area contributed by atoms with Gasteiger partial charge in [0.05, 0.1) is 6.04 Å². The van der Waals surface area contributed by atoms with Crippen LogP contribution in [-0.4, -0.2) is 0 Å². The molecule has 100 valence electrons. The van der Waals surface area contributed by atoms with Gasteiger partial charge in [0.25, 0.3) is 0 Å². The van der Waals surface area contributed by atoms with Crippen LogP contribution in [0.2, 0.25) is 10.0 Å². The molecule has 0 aliphatic heterocycles. The van der Waals surface area contributed by atoms with Crippen LogP contribution in [-0.2, 0) is 0 Å². The normalized spacial score (nSPS) is 12.5. The quantitative estimate of drug-likeness (QED) is 0.847. The van der Waals surface area contributed by atoms with Crippen molar-refractivity contribution in [2.45, 2.75) is 19.9 Å². The minimum Gasteiger partial charge on any atom is -0.320 e. The Balaban J connectivity index is 2.52. The van der Waals surface area contributed by atoms with Crippen molar-refractivity contribution >= 4 is 23.2 Å². The fourth-order valence-electron chi connectivity index (χ4n) is 2.06. The van der Waals surface area contributed by atoms with Gasteiger partial charge in [0.1, 0.15) is 5.82 Å². The summed E-state index contributed by atoms with van der Waals surface area (Å²) in [6.45, 7) is 3.80. The van der Waals surface area contributed by atoms with E-state index in [1.807, 2.05) is 26.0 Å². The first kappa shape index (κ1) is 14.3. The molecule has 1 atom stereocenters. The smallest absolute Gasteiger partial charge is 0.128 e. The highest BCUT2D eigenvalue weighted by Gasteiger charge is 2.17. The topological polar surface area (TPSA) is 26.0 Å². The van der Waals surface area contributed by atoms with Crippen LogP contribution in [0.25, 0.3) is 0 Å². The maximum absolute atomic E-state index is 13.9. The molecule has 2 aromatic rings. The number of aryl methyl sites for hydroxylation is 2. The van der Waals surface area contributed by atoms with Crippen LogP contribution >= 0.6 is 23.2 Å². The number of hydrogen-bond donors (Lipinski definition) is 1. The van der Waals surface area contributed by atoms with Crippen LogP contribution < -0.4 is 5.73 Å². The lowest BCUT2D eigenvalue weighted by Crippen LogP contribution is -2.15. The standard InChI is InChI=1S/C15H14Cl2FN/c1-8-6-13(17)9(2)5-11(8)15(19)12-7-10(16)3-4-14(12)18/h3-7,15H,19H2,1-2H3. The molecule has 2 rings (SSSR count). The fraction of sp³-hybridized carbons (Fsp3) is 0.200. The fourth-order valence-corrected chi connectivity index (χ4v) is 2.46. The van der Waals surface area contributed by atoms with Gasteiger partial charge in [-0.15, -0.1) is 0 Å². The number of rotatable bonds is 2. The maximum atomic E-state index is 13.9. The van der Waals surface area contributed by atoms with Crippen molar-refractivity contribution in [1.29, 1.82) is 0 Å². The predicted molar refractivity (Wildman–Crippen MR) is 78.4 cm³/mol. The van der Waals surface area contributed by atoms with Crippen molar-refractivity contribution in [3.63, 3.8) is 0 Å². The van der Waals surface area contributed by atoms with Gasteiger partial charge in [-0.1, -0.05) is 29.3 Å². The SMILES string of the molecule is Cc1cc(C(N)c2cc(Cl)ccc2F)c(C)cc1Cl. The van der Waals surface area contributed by atoms with E-state index in [2.05, 4.69) is 0 Å². The van der Waals surface area contributed by atoms with Gasteiger partial charge in [0.15, 0.2) is 0 Å². The van der Waals surface area contributed by atoms with Gasteiger partial charge in [-0.2, -0.15) is 0 Å². The molecule has 2 N–H and O–H groups in total. The Morgan fingerprint density at radius 1 is 1.00 bits per heavy atom. The lowest BCUT2D eigenvalue weighted by atomic mass is 9.94. The van der Waals surface area contributed by atoms with Crippen molar-refractivity contribution in [2.75, 3.05) is 0 Å². The molecule has 0 aromatic heterocycles. The van der Waals surface area contributed by atoms with E-state index in [0.717, 1.165) is 16.7 Å². The van der Waals surface area contributed by atoms with E-state index in [-0.39, 0.29) is 5.82 Å². The second kappa shape index (κ2) is 5.49. The number of benzene rings is 2. The largest absolute Gasteiger partial charge is 0.320 e. The zero-order valence-electron chi connectivity index (χ0n) is 10.7. The van der Waals surface area contributed by atoms with Crippen molar-refractivity contribution in [3.8, 4) is 0 Å². The Morgan fingerprint density at radius 2 is 1.68 bits per heavy atom. The molecule has 0 aliphatic rings. The summed E-state index contributed by atoms with van der Waals surface area (Å²) >= 11 is 12.0. The lowest BCUT2D eigenvalue weighted by Gasteiger charge is -2.17. The first-order valence-corrected chi connectivity index (χ1v) is 6.63. The highest BCUT2D eigenvalue weighted by Crippen LogP contribution is 2.30. The third-order valence-corrected chi connectivity index (χ3v) is 3.82. The Hall–Kier alpha value is -1.09. The molecule has 0 heterocycles. The van der Waals surface area contributed by atoms with Crippen LogP contribution in [0.1, 0.15) is 28.3 Å². The average molecular weight is 298 g/mol. The summed E-state index contributed by atoms with van der Waals surface area (Å²) in [5.41, 5.74) is 9.25. The van der Waals surface area contributed by atoms with E-state index in [1.165, 1.54) is 12.1 Å². The molecule has 0 saturated carbocycles. The first-order valence-electron chi connectivity index (χ1n) is 5.87. The van der Waals surface area contributed by atoms with Gasteiger partial charge in [-0.3, -0.25) is 0 Å². The van der Waals surface area contributed by atoms with Crippen molar-refractivity contribution in [3.05, 3.63) is 68.4 Å². The monoisotopic (exact) mass is 297 g/mol. The number of hydrogen-bond acceptors (Lipinski definition) is 1. The molecule has 19 heavy (non-hydrogen) atoms. The second-order valence-electron chi connectivity index (χ2n) is 4.60. The summed E-state index contributed by atoms with van der Waals surface area (Å²) in [6, 6.07) is 7.57.